The predicted molar refractivity (Wildman–Crippen MR) is 102 cm³/mol. The molecule has 29 heavy (non-hydrogen) atoms. The molecule has 10 heteroatoms. The second kappa shape index (κ2) is 9.01. The number of methoxy groups -OCH3 is 1. The number of hydrogen-bond donors (Lipinski definition) is 3. The van der Waals surface area contributed by atoms with E-state index in [2.05, 4.69) is 10.6 Å². The number of piperidine rings is 1. The highest BCUT2D eigenvalue weighted by Gasteiger charge is 2.32. The molecule has 2 fully saturated rings. The highest BCUT2D eigenvalue weighted by Crippen LogP contribution is 2.20. The number of hydrogen-bond acceptors (Lipinski definition) is 6. The van der Waals surface area contributed by atoms with Gasteiger partial charge in [0.25, 0.3) is 5.91 Å². The highest BCUT2D eigenvalue weighted by molar-refractivity contribution is 6.12. The van der Waals surface area contributed by atoms with Crippen LogP contribution in [0.5, 0.6) is 0 Å². The van der Waals surface area contributed by atoms with E-state index in [0.29, 0.717) is 24.2 Å². The van der Waals surface area contributed by atoms with E-state index in [-0.39, 0.29) is 43.8 Å². The molecule has 3 rings (SSSR count). The van der Waals surface area contributed by atoms with Crippen LogP contribution in [0, 0.1) is 0 Å². The largest absolute Gasteiger partial charge is 0.391 e. The zero-order chi connectivity index (χ0) is 21.0. The number of nitrogens with zero attached hydrogens (tertiary/aromatic N) is 2. The van der Waals surface area contributed by atoms with Gasteiger partial charge >= 0.3 is 6.03 Å². The van der Waals surface area contributed by atoms with Crippen LogP contribution in [-0.4, -0.2) is 79.3 Å². The van der Waals surface area contributed by atoms with Gasteiger partial charge in [-0.3, -0.25) is 24.6 Å². The number of benzene rings is 1. The average molecular weight is 404 g/mol. The van der Waals surface area contributed by atoms with Gasteiger partial charge in [-0.05, 0) is 30.7 Å². The van der Waals surface area contributed by atoms with Crippen LogP contribution in [-0.2, 0) is 14.3 Å². The minimum atomic E-state index is -0.723. The number of aliphatic hydroxyl groups excluding tert-OH is 1. The molecule has 2 saturated heterocycles. The Labute approximate surface area is 167 Å². The normalized spacial score (nSPS) is 21.9. The van der Waals surface area contributed by atoms with E-state index >= 15 is 0 Å². The standard InChI is InChI=1S/C19H24N4O6/c1-29-9-7-16(25)20-14-10-22(8-6-15(14)24)18(27)12-2-4-13(5-3-12)23-11-17(26)21-19(23)28/h2-5,14-15,24H,6-11H2,1H3,(H,20,25)(H,21,26,28)/t14-,15+/m1/s1. The van der Waals surface area contributed by atoms with Crippen LogP contribution in [0.2, 0.25) is 0 Å². The summed E-state index contributed by atoms with van der Waals surface area (Å²) in [7, 11) is 1.50. The summed E-state index contributed by atoms with van der Waals surface area (Å²) in [6.45, 7) is 0.795. The molecule has 0 spiro atoms. The fraction of sp³-hybridized carbons (Fsp3) is 0.474. The third-order valence-corrected chi connectivity index (χ3v) is 4.96. The Bertz CT molecular complexity index is 796. The van der Waals surface area contributed by atoms with Crippen LogP contribution in [0.1, 0.15) is 23.2 Å². The van der Waals surface area contributed by atoms with Crippen molar-refractivity contribution in [3.8, 4) is 0 Å². The van der Waals surface area contributed by atoms with E-state index in [9.17, 15) is 24.3 Å². The molecule has 0 radical (unpaired) electrons. The van der Waals surface area contributed by atoms with E-state index in [1.807, 2.05) is 0 Å². The summed E-state index contributed by atoms with van der Waals surface area (Å²) in [6.07, 6.45) is -0.185. The number of imide groups is 1. The highest BCUT2D eigenvalue weighted by atomic mass is 16.5. The van der Waals surface area contributed by atoms with Crippen LogP contribution in [0.3, 0.4) is 0 Å². The molecule has 2 atom stereocenters. The third-order valence-electron chi connectivity index (χ3n) is 4.96. The first kappa shape index (κ1) is 20.7. The predicted octanol–water partition coefficient (Wildman–Crippen LogP) is -0.529. The van der Waals surface area contributed by atoms with Crippen LogP contribution < -0.4 is 15.5 Å². The van der Waals surface area contributed by atoms with Gasteiger partial charge in [0.15, 0.2) is 0 Å². The monoisotopic (exact) mass is 404 g/mol. The number of urea groups is 1. The molecule has 2 aliphatic heterocycles. The molecule has 0 bridgehead atoms. The van der Waals surface area contributed by atoms with Gasteiger partial charge < -0.3 is 20.1 Å². The van der Waals surface area contributed by atoms with Gasteiger partial charge in [-0.25, -0.2) is 4.79 Å². The first-order valence-electron chi connectivity index (χ1n) is 9.36. The molecular weight excluding hydrogens is 380 g/mol. The van der Waals surface area contributed by atoms with Gasteiger partial charge in [-0.1, -0.05) is 0 Å². The van der Waals surface area contributed by atoms with Crippen molar-refractivity contribution in [2.75, 3.05) is 38.3 Å². The lowest BCUT2D eigenvalue weighted by Gasteiger charge is -2.36. The van der Waals surface area contributed by atoms with Crippen molar-refractivity contribution < 1.29 is 29.0 Å². The van der Waals surface area contributed by atoms with Crippen molar-refractivity contribution in [3.05, 3.63) is 29.8 Å². The Morgan fingerprint density at radius 3 is 2.62 bits per heavy atom. The molecule has 2 heterocycles. The van der Waals surface area contributed by atoms with Gasteiger partial charge in [0.05, 0.1) is 18.8 Å². The van der Waals surface area contributed by atoms with E-state index < -0.39 is 18.2 Å². The molecule has 0 aromatic heterocycles. The molecular formula is C19H24N4O6. The Balaban J connectivity index is 1.62. The van der Waals surface area contributed by atoms with Crippen molar-refractivity contribution >= 4 is 29.4 Å². The fourth-order valence-electron chi connectivity index (χ4n) is 3.36. The number of aliphatic hydroxyl groups is 1. The fourth-order valence-corrected chi connectivity index (χ4v) is 3.36. The molecule has 0 saturated carbocycles. The maximum Gasteiger partial charge on any atom is 0.329 e. The van der Waals surface area contributed by atoms with Crippen molar-refractivity contribution in [2.45, 2.75) is 25.0 Å². The van der Waals surface area contributed by atoms with Crippen LogP contribution >= 0.6 is 0 Å². The summed E-state index contributed by atoms with van der Waals surface area (Å²) in [5, 5.41) is 15.1. The molecule has 156 valence electrons. The number of anilines is 1. The van der Waals surface area contributed by atoms with Gasteiger partial charge in [-0.15, -0.1) is 0 Å². The molecule has 3 N–H and O–H groups in total. The maximum atomic E-state index is 12.8. The van der Waals surface area contributed by atoms with E-state index in [1.54, 1.807) is 29.2 Å². The number of likely N-dealkylation sites (tertiary alicyclic amines) is 1. The minimum absolute atomic E-state index is 0.0550. The topological polar surface area (TPSA) is 128 Å². The van der Waals surface area contributed by atoms with Crippen molar-refractivity contribution in [1.82, 2.24) is 15.5 Å². The zero-order valence-corrected chi connectivity index (χ0v) is 16.1. The number of rotatable bonds is 6. The summed E-state index contributed by atoms with van der Waals surface area (Å²) in [4.78, 5) is 50.6. The van der Waals surface area contributed by atoms with Crippen LogP contribution in [0.25, 0.3) is 0 Å². The number of carbonyl (C=O) groups excluding carboxylic acids is 4. The Morgan fingerprint density at radius 1 is 1.28 bits per heavy atom. The van der Waals surface area contributed by atoms with Crippen LogP contribution in [0.4, 0.5) is 10.5 Å². The van der Waals surface area contributed by atoms with E-state index in [0.717, 1.165) is 0 Å². The summed E-state index contributed by atoms with van der Waals surface area (Å²) < 4.78 is 4.87. The third kappa shape index (κ3) is 4.90. The Morgan fingerprint density at radius 2 is 2.00 bits per heavy atom. The number of amides is 5. The first-order valence-corrected chi connectivity index (χ1v) is 9.36. The Hall–Kier alpha value is -2.98. The maximum absolute atomic E-state index is 12.8. The molecule has 5 amide bonds. The van der Waals surface area contributed by atoms with Gasteiger partial charge in [-0.2, -0.15) is 0 Å². The lowest BCUT2D eigenvalue weighted by atomic mass is 10.0. The molecule has 2 aliphatic rings. The zero-order valence-electron chi connectivity index (χ0n) is 16.1. The number of carbonyl (C=O) groups is 4. The number of ether oxygens (including phenoxy) is 1. The Kier molecular flexibility index (Phi) is 6.45. The molecule has 0 aliphatic carbocycles. The lowest BCUT2D eigenvalue weighted by molar-refractivity contribution is -0.124. The minimum Gasteiger partial charge on any atom is -0.391 e. The van der Waals surface area contributed by atoms with Crippen molar-refractivity contribution in [1.29, 1.82) is 0 Å². The smallest absolute Gasteiger partial charge is 0.329 e. The van der Waals surface area contributed by atoms with Gasteiger partial charge in [0, 0.05) is 37.9 Å². The SMILES string of the molecule is COCCC(=O)N[C@@H]1CN(C(=O)c2ccc(N3CC(=O)NC3=O)cc2)CC[C@@H]1O. The van der Waals surface area contributed by atoms with Crippen molar-refractivity contribution in [2.24, 2.45) is 0 Å². The average Bonchev–Trinajstić information content (AvgIpc) is 3.05. The first-order chi connectivity index (χ1) is 13.9. The molecule has 1 aromatic rings. The molecule has 10 nitrogen and oxygen atoms in total. The van der Waals surface area contributed by atoms with Gasteiger partial charge in [0.1, 0.15) is 6.54 Å². The van der Waals surface area contributed by atoms with Gasteiger partial charge in [0.2, 0.25) is 11.8 Å². The summed E-state index contributed by atoms with van der Waals surface area (Å²) in [5.74, 6) is -0.852. The quantitative estimate of drug-likeness (QED) is 0.547. The second-order valence-electron chi connectivity index (χ2n) is 7.01. The van der Waals surface area contributed by atoms with Crippen LogP contribution in [0.15, 0.2) is 24.3 Å². The molecule has 0 unspecified atom stereocenters. The van der Waals surface area contributed by atoms with E-state index in [1.165, 1.54) is 12.0 Å². The number of nitrogens with one attached hydrogen (secondary N) is 2. The van der Waals surface area contributed by atoms with E-state index in [4.69, 9.17) is 4.74 Å². The summed E-state index contributed by atoms with van der Waals surface area (Å²) in [6, 6.07) is 5.35. The van der Waals surface area contributed by atoms with Crippen molar-refractivity contribution in [3.63, 3.8) is 0 Å². The lowest BCUT2D eigenvalue weighted by Crippen LogP contribution is -2.56. The summed E-state index contributed by atoms with van der Waals surface area (Å²) >= 11 is 0. The molecule has 1 aromatic carbocycles. The second-order valence-corrected chi connectivity index (χ2v) is 7.01. The summed E-state index contributed by atoms with van der Waals surface area (Å²) in [5.41, 5.74) is 0.933.